The summed E-state index contributed by atoms with van der Waals surface area (Å²) in [4.78, 5) is 43.7. The van der Waals surface area contributed by atoms with Gasteiger partial charge in [0.15, 0.2) is 0 Å². The number of halogens is 5. The third kappa shape index (κ3) is 5.20. The summed E-state index contributed by atoms with van der Waals surface area (Å²) in [7, 11) is 0. The highest BCUT2D eigenvalue weighted by Gasteiger charge is 2.38. The molecule has 36 heavy (non-hydrogen) atoms. The zero-order valence-corrected chi connectivity index (χ0v) is 18.8. The number of rotatable bonds is 4. The Morgan fingerprint density at radius 1 is 1.03 bits per heavy atom. The molecule has 0 aliphatic carbocycles. The number of pyridine rings is 1. The maximum absolute atomic E-state index is 13.7. The SMILES string of the molecule is O=C(Nc1ccc(Cl)cc1)c1ccc(N2C=CCN(C(=O)c3cc(F)ccc3C(F)(F)F)C2=O)nc1. The second-order valence-electron chi connectivity index (χ2n) is 7.51. The summed E-state index contributed by atoms with van der Waals surface area (Å²) >= 11 is 5.82. The van der Waals surface area contributed by atoms with Crippen molar-refractivity contribution in [1.29, 1.82) is 0 Å². The molecule has 1 N–H and O–H groups in total. The van der Waals surface area contributed by atoms with Crippen molar-refractivity contribution in [1.82, 2.24) is 9.88 Å². The molecule has 0 unspecified atom stereocenters. The van der Waals surface area contributed by atoms with E-state index in [0.29, 0.717) is 33.8 Å². The highest BCUT2D eigenvalue weighted by molar-refractivity contribution is 6.30. The molecule has 3 aromatic rings. The molecule has 2 heterocycles. The van der Waals surface area contributed by atoms with Crippen LogP contribution in [0.5, 0.6) is 0 Å². The number of benzene rings is 2. The van der Waals surface area contributed by atoms with Crippen molar-refractivity contribution in [3.63, 3.8) is 0 Å². The molecule has 0 spiro atoms. The van der Waals surface area contributed by atoms with Gasteiger partial charge in [0.05, 0.1) is 23.2 Å². The van der Waals surface area contributed by atoms with E-state index >= 15 is 0 Å². The number of urea groups is 1. The molecule has 4 rings (SSSR count). The minimum absolute atomic E-state index is 0.00656. The van der Waals surface area contributed by atoms with Crippen LogP contribution < -0.4 is 10.2 Å². The lowest BCUT2D eigenvalue weighted by atomic mass is 10.1. The van der Waals surface area contributed by atoms with E-state index in [2.05, 4.69) is 10.3 Å². The molecular formula is C24H15ClF4N4O3. The first kappa shape index (κ1) is 24.9. The number of carbonyl (C=O) groups is 3. The fourth-order valence-corrected chi connectivity index (χ4v) is 3.49. The third-order valence-electron chi connectivity index (χ3n) is 5.10. The molecule has 1 aliphatic rings. The summed E-state index contributed by atoms with van der Waals surface area (Å²) in [6, 6.07) is 9.58. The monoisotopic (exact) mass is 518 g/mol. The number of hydrogen-bond acceptors (Lipinski definition) is 4. The van der Waals surface area contributed by atoms with Crippen molar-refractivity contribution in [2.24, 2.45) is 0 Å². The highest BCUT2D eigenvalue weighted by Crippen LogP contribution is 2.33. The molecule has 0 radical (unpaired) electrons. The van der Waals surface area contributed by atoms with E-state index < -0.39 is 41.0 Å². The first-order valence-electron chi connectivity index (χ1n) is 10.3. The fourth-order valence-electron chi connectivity index (χ4n) is 3.36. The van der Waals surface area contributed by atoms with Crippen molar-refractivity contribution in [2.45, 2.75) is 6.18 Å². The van der Waals surface area contributed by atoms with Crippen molar-refractivity contribution in [2.75, 3.05) is 16.8 Å². The molecule has 184 valence electrons. The van der Waals surface area contributed by atoms with Crippen LogP contribution in [-0.4, -0.2) is 34.3 Å². The predicted octanol–water partition coefficient (Wildman–Crippen LogP) is 5.74. The van der Waals surface area contributed by atoms with Gasteiger partial charge in [-0.25, -0.2) is 14.2 Å². The van der Waals surface area contributed by atoms with Gasteiger partial charge < -0.3 is 5.32 Å². The van der Waals surface area contributed by atoms with Crippen LogP contribution >= 0.6 is 11.6 Å². The van der Waals surface area contributed by atoms with Gasteiger partial charge in [0.25, 0.3) is 11.8 Å². The summed E-state index contributed by atoms with van der Waals surface area (Å²) < 4.78 is 53.7. The summed E-state index contributed by atoms with van der Waals surface area (Å²) in [6.45, 7) is -0.330. The van der Waals surface area contributed by atoms with Crippen LogP contribution in [0.25, 0.3) is 0 Å². The van der Waals surface area contributed by atoms with Gasteiger partial charge in [-0.2, -0.15) is 13.2 Å². The lowest BCUT2D eigenvalue weighted by Crippen LogP contribution is -2.47. The quantitative estimate of drug-likeness (QED) is 0.446. The van der Waals surface area contributed by atoms with Gasteiger partial charge in [0, 0.05) is 23.1 Å². The maximum Gasteiger partial charge on any atom is 0.417 e. The zero-order chi connectivity index (χ0) is 26.0. The van der Waals surface area contributed by atoms with Gasteiger partial charge in [0.2, 0.25) is 0 Å². The van der Waals surface area contributed by atoms with E-state index in [4.69, 9.17) is 11.6 Å². The zero-order valence-electron chi connectivity index (χ0n) is 18.1. The van der Waals surface area contributed by atoms with Crippen LogP contribution in [0.4, 0.5) is 33.9 Å². The van der Waals surface area contributed by atoms with Crippen LogP contribution in [0.15, 0.2) is 73.1 Å². The topological polar surface area (TPSA) is 82.6 Å². The van der Waals surface area contributed by atoms with Crippen molar-refractivity contribution in [3.05, 3.63) is 101 Å². The van der Waals surface area contributed by atoms with E-state index in [1.54, 1.807) is 24.3 Å². The highest BCUT2D eigenvalue weighted by atomic mass is 35.5. The van der Waals surface area contributed by atoms with Crippen molar-refractivity contribution >= 4 is 41.0 Å². The Hall–Kier alpha value is -4.25. The van der Waals surface area contributed by atoms with E-state index in [0.717, 1.165) is 4.90 Å². The number of alkyl halides is 3. The Morgan fingerprint density at radius 2 is 1.75 bits per heavy atom. The second-order valence-corrected chi connectivity index (χ2v) is 7.94. The van der Waals surface area contributed by atoms with Crippen molar-refractivity contribution < 1.29 is 31.9 Å². The molecule has 0 saturated carbocycles. The maximum atomic E-state index is 13.7. The van der Waals surface area contributed by atoms with Crippen LogP contribution in [0, 0.1) is 5.82 Å². The molecule has 1 aliphatic heterocycles. The second kappa shape index (κ2) is 9.78. The molecule has 7 nitrogen and oxygen atoms in total. The first-order valence-corrected chi connectivity index (χ1v) is 10.6. The Kier molecular flexibility index (Phi) is 6.75. The molecule has 0 atom stereocenters. The summed E-state index contributed by atoms with van der Waals surface area (Å²) in [5.41, 5.74) is -1.71. The predicted molar refractivity (Wildman–Crippen MR) is 123 cm³/mol. The largest absolute Gasteiger partial charge is 0.417 e. The van der Waals surface area contributed by atoms with Crippen molar-refractivity contribution in [3.8, 4) is 0 Å². The summed E-state index contributed by atoms with van der Waals surface area (Å²) in [5.74, 6) is -2.86. The number of anilines is 2. The first-order chi connectivity index (χ1) is 17.0. The molecule has 1 aromatic heterocycles. The van der Waals surface area contributed by atoms with Gasteiger partial charge in [0.1, 0.15) is 11.6 Å². The number of carbonyl (C=O) groups excluding carboxylic acids is 3. The lowest BCUT2D eigenvalue weighted by Gasteiger charge is -2.30. The van der Waals surface area contributed by atoms with E-state index in [9.17, 15) is 31.9 Å². The third-order valence-corrected chi connectivity index (χ3v) is 5.35. The van der Waals surface area contributed by atoms with Gasteiger partial charge in [-0.1, -0.05) is 11.6 Å². The average Bonchev–Trinajstić information content (AvgIpc) is 2.84. The summed E-state index contributed by atoms with van der Waals surface area (Å²) in [5, 5.41) is 3.15. The van der Waals surface area contributed by atoms with Gasteiger partial charge in [-0.05, 0) is 60.7 Å². The smallest absolute Gasteiger partial charge is 0.322 e. The Balaban J connectivity index is 1.53. The number of hydrogen-bond donors (Lipinski definition) is 1. The Labute approximate surface area is 206 Å². The molecule has 0 fully saturated rings. The Bertz CT molecular complexity index is 1360. The lowest BCUT2D eigenvalue weighted by molar-refractivity contribution is -0.138. The molecule has 0 bridgehead atoms. The van der Waals surface area contributed by atoms with E-state index in [1.807, 2.05) is 0 Å². The molecule has 12 heteroatoms. The van der Waals surface area contributed by atoms with Gasteiger partial charge in [-0.15, -0.1) is 0 Å². The summed E-state index contributed by atoms with van der Waals surface area (Å²) in [6.07, 6.45) is -1.10. The van der Waals surface area contributed by atoms with Crippen LogP contribution in [0.3, 0.4) is 0 Å². The number of imide groups is 1. The number of amides is 4. The molecular weight excluding hydrogens is 504 g/mol. The normalized spacial score (nSPS) is 13.6. The van der Waals surface area contributed by atoms with Gasteiger partial charge >= 0.3 is 12.2 Å². The molecule has 2 aromatic carbocycles. The number of nitrogens with one attached hydrogen (secondary N) is 1. The van der Waals surface area contributed by atoms with Crippen LogP contribution in [0.2, 0.25) is 5.02 Å². The molecule has 4 amide bonds. The average molecular weight is 519 g/mol. The number of nitrogens with zero attached hydrogens (tertiary/aromatic N) is 3. The van der Waals surface area contributed by atoms with E-state index in [1.165, 1.54) is 30.6 Å². The van der Waals surface area contributed by atoms with Crippen LogP contribution in [-0.2, 0) is 6.18 Å². The van der Waals surface area contributed by atoms with Crippen LogP contribution in [0.1, 0.15) is 26.3 Å². The Morgan fingerprint density at radius 3 is 2.39 bits per heavy atom. The van der Waals surface area contributed by atoms with E-state index in [-0.39, 0.29) is 17.9 Å². The fraction of sp³-hybridized carbons (Fsp3) is 0.0833. The minimum Gasteiger partial charge on any atom is -0.322 e. The minimum atomic E-state index is -4.93. The van der Waals surface area contributed by atoms with Gasteiger partial charge in [-0.3, -0.25) is 19.4 Å². The number of aromatic nitrogens is 1. The standard InChI is InChI=1S/C24H15ClF4N4O3/c25-15-3-6-17(7-4-15)31-21(34)14-2-9-20(30-13-14)32-10-1-11-33(23(32)36)22(35)18-12-16(26)5-8-19(18)24(27,28)29/h1-10,12-13H,11H2,(H,31,34). The molecule has 0 saturated heterocycles.